The van der Waals surface area contributed by atoms with Crippen LogP contribution in [0.1, 0.15) is 57.1 Å². The van der Waals surface area contributed by atoms with Gasteiger partial charge in [-0.3, -0.25) is 4.68 Å². The summed E-state index contributed by atoms with van der Waals surface area (Å²) < 4.78 is 7.66. The number of hydrogen-bond acceptors (Lipinski definition) is 3. The molecule has 0 atom stereocenters. The van der Waals surface area contributed by atoms with Crippen LogP contribution in [-0.2, 0) is 13.0 Å². The number of ether oxygens (including phenoxy) is 1. The van der Waals surface area contributed by atoms with Gasteiger partial charge in [0, 0.05) is 19.2 Å². The number of unbranched alkanes of at least 4 members (excludes halogenated alkanes) is 7. The third kappa shape index (κ3) is 8.52. The van der Waals surface area contributed by atoms with E-state index in [2.05, 4.69) is 16.9 Å². The largest absolute Gasteiger partial charge is 0.493 e. The molecule has 1 aromatic heterocycles. The van der Waals surface area contributed by atoms with Gasteiger partial charge in [-0.25, -0.2) is 0 Å². The van der Waals surface area contributed by atoms with Gasteiger partial charge >= 0.3 is 0 Å². The highest BCUT2D eigenvalue weighted by molar-refractivity contribution is 5.20. The second kappa shape index (κ2) is 12.3. The lowest BCUT2D eigenvalue weighted by Gasteiger charge is -2.03. The molecule has 1 aromatic carbocycles. The lowest BCUT2D eigenvalue weighted by atomic mass is 10.1. The monoisotopic (exact) mass is 341 g/mol. The highest BCUT2D eigenvalue weighted by atomic mass is 16.5. The van der Waals surface area contributed by atoms with Crippen molar-refractivity contribution in [3.05, 3.63) is 54.9 Å². The molecule has 2 aromatic rings. The first kappa shape index (κ1) is 19.2. The second-order valence-corrected chi connectivity index (χ2v) is 6.44. The summed E-state index contributed by atoms with van der Waals surface area (Å²) in [5.74, 6) is 0.902. The van der Waals surface area contributed by atoms with E-state index in [1.165, 1.54) is 44.9 Å². The Labute approximate surface area is 151 Å². The van der Waals surface area contributed by atoms with Gasteiger partial charge in [0.2, 0.25) is 0 Å². The molecule has 2 rings (SSSR count). The molecular formula is C21H31N3O. The highest BCUT2D eigenvalue weighted by Gasteiger charge is 2.02. The average molecular weight is 341 g/mol. The summed E-state index contributed by atoms with van der Waals surface area (Å²) in [6, 6.07) is 9.88. The standard InChI is InChI=1S/C21H31N3O/c1-2-3-4-5-6-7-8-9-13-17-24-19-20(22-23-24)16-18-25-21-14-11-10-12-15-21/h2,10-12,14-15,19H,1,3-9,13,16-18H2. The molecule has 4 heteroatoms. The lowest BCUT2D eigenvalue weighted by Crippen LogP contribution is -2.01. The van der Waals surface area contributed by atoms with Crippen LogP contribution < -0.4 is 4.74 Å². The number of nitrogens with zero attached hydrogens (tertiary/aromatic N) is 3. The zero-order valence-electron chi connectivity index (χ0n) is 15.3. The topological polar surface area (TPSA) is 39.9 Å². The molecule has 0 saturated heterocycles. The van der Waals surface area contributed by atoms with E-state index in [-0.39, 0.29) is 0 Å². The number of hydrogen-bond donors (Lipinski definition) is 0. The van der Waals surface area contributed by atoms with Crippen LogP contribution >= 0.6 is 0 Å². The highest BCUT2D eigenvalue weighted by Crippen LogP contribution is 2.10. The molecular weight excluding hydrogens is 310 g/mol. The molecule has 0 spiro atoms. The normalized spacial score (nSPS) is 10.7. The van der Waals surface area contributed by atoms with E-state index in [0.717, 1.165) is 30.8 Å². The maximum atomic E-state index is 5.70. The summed E-state index contributed by atoms with van der Waals surface area (Å²) in [7, 11) is 0. The molecule has 25 heavy (non-hydrogen) atoms. The van der Waals surface area contributed by atoms with Gasteiger partial charge in [-0.1, -0.05) is 61.6 Å². The number of para-hydroxylation sites is 1. The third-order valence-electron chi connectivity index (χ3n) is 4.25. The molecule has 0 N–H and O–H groups in total. The van der Waals surface area contributed by atoms with Crippen molar-refractivity contribution in [2.24, 2.45) is 0 Å². The molecule has 136 valence electrons. The van der Waals surface area contributed by atoms with Gasteiger partial charge in [-0.15, -0.1) is 11.7 Å². The van der Waals surface area contributed by atoms with Gasteiger partial charge < -0.3 is 4.74 Å². The van der Waals surface area contributed by atoms with E-state index >= 15 is 0 Å². The number of allylic oxidation sites excluding steroid dienone is 1. The van der Waals surface area contributed by atoms with Crippen LogP contribution in [0.4, 0.5) is 0 Å². The Morgan fingerprint density at radius 2 is 1.68 bits per heavy atom. The minimum atomic E-state index is 0.633. The minimum Gasteiger partial charge on any atom is -0.493 e. The quantitative estimate of drug-likeness (QED) is 0.350. The first-order chi connectivity index (χ1) is 12.4. The third-order valence-corrected chi connectivity index (χ3v) is 4.25. The summed E-state index contributed by atoms with van der Waals surface area (Å²) in [4.78, 5) is 0. The Morgan fingerprint density at radius 3 is 2.44 bits per heavy atom. The predicted octanol–water partition coefficient (Wildman–Crippen LogP) is 5.21. The minimum absolute atomic E-state index is 0.633. The summed E-state index contributed by atoms with van der Waals surface area (Å²) in [5, 5.41) is 8.44. The van der Waals surface area contributed by atoms with E-state index in [4.69, 9.17) is 4.74 Å². The average Bonchev–Trinajstić information content (AvgIpc) is 3.09. The number of benzene rings is 1. The van der Waals surface area contributed by atoms with E-state index in [1.54, 1.807) is 0 Å². The van der Waals surface area contributed by atoms with Crippen LogP contribution in [0.25, 0.3) is 0 Å². The lowest BCUT2D eigenvalue weighted by molar-refractivity contribution is 0.320. The molecule has 0 saturated carbocycles. The molecule has 0 bridgehead atoms. The van der Waals surface area contributed by atoms with E-state index < -0.39 is 0 Å². The van der Waals surface area contributed by atoms with Crippen LogP contribution in [0.3, 0.4) is 0 Å². The van der Waals surface area contributed by atoms with Gasteiger partial charge in [0.15, 0.2) is 0 Å². The Morgan fingerprint density at radius 1 is 0.960 bits per heavy atom. The van der Waals surface area contributed by atoms with E-state index in [1.807, 2.05) is 47.3 Å². The van der Waals surface area contributed by atoms with Crippen LogP contribution in [-0.4, -0.2) is 21.6 Å². The fraction of sp³-hybridized carbons (Fsp3) is 0.524. The van der Waals surface area contributed by atoms with Crippen LogP contribution in [0.2, 0.25) is 0 Å². The zero-order valence-corrected chi connectivity index (χ0v) is 15.3. The van der Waals surface area contributed by atoms with Gasteiger partial charge in [0.1, 0.15) is 5.75 Å². The molecule has 0 amide bonds. The van der Waals surface area contributed by atoms with Gasteiger partial charge in [0.25, 0.3) is 0 Å². The Kier molecular flexibility index (Phi) is 9.45. The SMILES string of the molecule is C=CCCCCCCCCCn1cc(CCOc2ccccc2)nn1. The Bertz CT molecular complexity index is 580. The molecule has 0 aliphatic carbocycles. The molecule has 1 heterocycles. The maximum Gasteiger partial charge on any atom is 0.119 e. The molecule has 4 nitrogen and oxygen atoms in total. The smallest absolute Gasteiger partial charge is 0.119 e. The van der Waals surface area contributed by atoms with Gasteiger partial charge in [-0.05, 0) is 31.4 Å². The summed E-state index contributed by atoms with van der Waals surface area (Å²) in [6.45, 7) is 5.35. The van der Waals surface area contributed by atoms with Crippen molar-refractivity contribution in [3.63, 3.8) is 0 Å². The predicted molar refractivity (Wildman–Crippen MR) is 103 cm³/mol. The van der Waals surface area contributed by atoms with Gasteiger partial charge in [0.05, 0.1) is 12.3 Å². The maximum absolute atomic E-state index is 5.70. The first-order valence-corrected chi connectivity index (χ1v) is 9.56. The molecule has 0 aliphatic heterocycles. The van der Waals surface area contributed by atoms with Crippen molar-refractivity contribution >= 4 is 0 Å². The molecule has 0 aliphatic rings. The van der Waals surface area contributed by atoms with E-state index in [0.29, 0.717) is 6.61 Å². The first-order valence-electron chi connectivity index (χ1n) is 9.56. The van der Waals surface area contributed by atoms with Gasteiger partial charge in [-0.2, -0.15) is 0 Å². The fourth-order valence-electron chi connectivity index (χ4n) is 2.80. The summed E-state index contributed by atoms with van der Waals surface area (Å²) in [5.41, 5.74) is 0.998. The fourth-order valence-corrected chi connectivity index (χ4v) is 2.80. The molecule has 0 fully saturated rings. The molecule has 0 radical (unpaired) electrons. The second-order valence-electron chi connectivity index (χ2n) is 6.44. The van der Waals surface area contributed by atoms with Crippen molar-refractivity contribution in [1.82, 2.24) is 15.0 Å². The van der Waals surface area contributed by atoms with Crippen molar-refractivity contribution in [3.8, 4) is 5.75 Å². The van der Waals surface area contributed by atoms with Crippen LogP contribution in [0, 0.1) is 0 Å². The van der Waals surface area contributed by atoms with Crippen LogP contribution in [0.15, 0.2) is 49.2 Å². The van der Waals surface area contributed by atoms with Crippen molar-refractivity contribution in [2.45, 2.75) is 64.3 Å². The summed E-state index contributed by atoms with van der Waals surface area (Å²) in [6.07, 6.45) is 15.1. The molecule has 0 unspecified atom stereocenters. The van der Waals surface area contributed by atoms with Crippen molar-refractivity contribution in [1.29, 1.82) is 0 Å². The number of rotatable bonds is 14. The Hall–Kier alpha value is -2.10. The summed E-state index contributed by atoms with van der Waals surface area (Å²) >= 11 is 0. The number of aryl methyl sites for hydroxylation is 1. The number of aromatic nitrogens is 3. The van der Waals surface area contributed by atoms with Crippen molar-refractivity contribution in [2.75, 3.05) is 6.61 Å². The van der Waals surface area contributed by atoms with Crippen molar-refractivity contribution < 1.29 is 4.74 Å². The Balaban J connectivity index is 1.50. The zero-order chi connectivity index (χ0) is 17.6. The van der Waals surface area contributed by atoms with Crippen LogP contribution in [0.5, 0.6) is 5.75 Å². The van der Waals surface area contributed by atoms with E-state index in [9.17, 15) is 0 Å².